The zero-order valence-electron chi connectivity index (χ0n) is 12.7. The molecule has 0 bridgehead atoms. The van der Waals surface area contributed by atoms with Crippen molar-refractivity contribution in [3.63, 3.8) is 0 Å². The van der Waals surface area contributed by atoms with Gasteiger partial charge in [0.2, 0.25) is 0 Å². The van der Waals surface area contributed by atoms with Crippen molar-refractivity contribution in [3.8, 4) is 23.1 Å². The highest BCUT2D eigenvalue weighted by atomic mass is 16.5. The number of hydrogen-bond donors (Lipinski definition) is 1. The van der Waals surface area contributed by atoms with Gasteiger partial charge in [-0.05, 0) is 24.3 Å². The maximum absolute atomic E-state index is 9.32. The molecule has 0 atom stereocenters. The lowest BCUT2D eigenvalue weighted by Gasteiger charge is -2.12. The molecule has 1 N–H and O–H groups in total. The predicted molar refractivity (Wildman–Crippen MR) is 90.7 cm³/mol. The van der Waals surface area contributed by atoms with Crippen LogP contribution in [0.15, 0.2) is 66.7 Å². The van der Waals surface area contributed by atoms with Crippen LogP contribution in [-0.2, 0) is 0 Å². The molecule has 0 fully saturated rings. The van der Waals surface area contributed by atoms with E-state index in [4.69, 9.17) is 4.74 Å². The minimum atomic E-state index is 0.482. The highest BCUT2D eigenvalue weighted by Gasteiger charge is 2.09. The van der Waals surface area contributed by atoms with Crippen LogP contribution in [0.1, 0.15) is 5.56 Å². The summed E-state index contributed by atoms with van der Waals surface area (Å²) in [5.74, 6) is 1.21. The van der Waals surface area contributed by atoms with E-state index in [1.165, 1.54) is 0 Å². The second kappa shape index (κ2) is 6.63. The fourth-order valence-corrected chi connectivity index (χ4v) is 2.29. The topological polar surface area (TPSA) is 57.9 Å². The second-order valence-electron chi connectivity index (χ2n) is 4.90. The first kappa shape index (κ1) is 14.6. The summed E-state index contributed by atoms with van der Waals surface area (Å²) in [6.45, 7) is 0. The van der Waals surface area contributed by atoms with Crippen LogP contribution in [0.3, 0.4) is 0 Å². The molecule has 23 heavy (non-hydrogen) atoms. The van der Waals surface area contributed by atoms with Crippen molar-refractivity contribution in [1.29, 1.82) is 5.26 Å². The number of benzene rings is 2. The molecular weight excluding hydrogens is 286 g/mol. The Morgan fingerprint density at radius 2 is 1.70 bits per heavy atom. The van der Waals surface area contributed by atoms with Gasteiger partial charge in [0.25, 0.3) is 0 Å². The summed E-state index contributed by atoms with van der Waals surface area (Å²) < 4.78 is 5.33. The van der Waals surface area contributed by atoms with Gasteiger partial charge in [-0.3, -0.25) is 0 Å². The molecule has 0 saturated heterocycles. The number of anilines is 2. The minimum Gasteiger partial charge on any atom is -0.495 e. The Bertz CT molecular complexity index is 854. The molecule has 0 radical (unpaired) electrons. The van der Waals surface area contributed by atoms with Crippen LogP contribution in [0, 0.1) is 11.3 Å². The zero-order valence-corrected chi connectivity index (χ0v) is 12.7. The van der Waals surface area contributed by atoms with Crippen LogP contribution in [0.2, 0.25) is 0 Å². The molecule has 112 valence electrons. The highest BCUT2D eigenvalue weighted by molar-refractivity contribution is 5.71. The minimum absolute atomic E-state index is 0.482. The number of pyridine rings is 1. The molecular formula is C19H15N3O. The number of rotatable bonds is 4. The first-order valence-electron chi connectivity index (χ1n) is 7.18. The van der Waals surface area contributed by atoms with Crippen molar-refractivity contribution in [2.75, 3.05) is 12.4 Å². The summed E-state index contributed by atoms with van der Waals surface area (Å²) in [7, 11) is 1.61. The highest BCUT2D eigenvalue weighted by Crippen LogP contribution is 2.29. The number of nitrogens with zero attached hydrogens (tertiary/aromatic N) is 2. The number of methoxy groups -OCH3 is 1. The predicted octanol–water partition coefficient (Wildman–Crippen LogP) is 4.37. The van der Waals surface area contributed by atoms with Gasteiger partial charge >= 0.3 is 0 Å². The van der Waals surface area contributed by atoms with Gasteiger partial charge < -0.3 is 10.1 Å². The Labute approximate surface area is 135 Å². The van der Waals surface area contributed by atoms with Crippen molar-refractivity contribution in [2.45, 2.75) is 0 Å². The standard InChI is InChI=1S/C19H15N3O/c1-23-18-10-6-5-9-17(18)22-19-15(13-20)11-12-16(21-19)14-7-3-2-4-8-14/h2-12H,1H3,(H,21,22). The number of hydrogen-bond acceptors (Lipinski definition) is 4. The van der Waals surface area contributed by atoms with E-state index in [2.05, 4.69) is 16.4 Å². The summed E-state index contributed by atoms with van der Waals surface area (Å²) in [5.41, 5.74) is 3.06. The molecule has 1 heterocycles. The number of nitriles is 1. The molecule has 0 spiro atoms. The SMILES string of the molecule is COc1ccccc1Nc1nc(-c2ccccc2)ccc1C#N. The largest absolute Gasteiger partial charge is 0.495 e. The fourth-order valence-electron chi connectivity index (χ4n) is 2.29. The van der Waals surface area contributed by atoms with Crippen LogP contribution in [0.25, 0.3) is 11.3 Å². The van der Waals surface area contributed by atoms with Crippen LogP contribution in [0.5, 0.6) is 5.75 Å². The van der Waals surface area contributed by atoms with E-state index >= 15 is 0 Å². The number of para-hydroxylation sites is 2. The molecule has 2 aromatic carbocycles. The molecule has 0 saturated carbocycles. The first-order chi connectivity index (χ1) is 11.3. The molecule has 0 amide bonds. The molecule has 3 aromatic rings. The number of aromatic nitrogens is 1. The van der Waals surface area contributed by atoms with Gasteiger partial charge in [-0.25, -0.2) is 4.98 Å². The summed E-state index contributed by atoms with van der Waals surface area (Å²) >= 11 is 0. The normalized spacial score (nSPS) is 9.91. The molecule has 0 aliphatic carbocycles. The molecule has 4 nitrogen and oxygen atoms in total. The van der Waals surface area contributed by atoms with E-state index in [0.29, 0.717) is 17.1 Å². The van der Waals surface area contributed by atoms with Gasteiger partial charge in [0.15, 0.2) is 0 Å². The van der Waals surface area contributed by atoms with Crippen LogP contribution in [-0.4, -0.2) is 12.1 Å². The second-order valence-corrected chi connectivity index (χ2v) is 4.90. The summed E-state index contributed by atoms with van der Waals surface area (Å²) in [6.07, 6.45) is 0. The molecule has 0 unspecified atom stereocenters. The van der Waals surface area contributed by atoms with E-state index in [1.807, 2.05) is 60.7 Å². The van der Waals surface area contributed by atoms with Crippen molar-refractivity contribution >= 4 is 11.5 Å². The van der Waals surface area contributed by atoms with Crippen molar-refractivity contribution in [3.05, 3.63) is 72.3 Å². The van der Waals surface area contributed by atoms with E-state index in [0.717, 1.165) is 16.9 Å². The fraction of sp³-hybridized carbons (Fsp3) is 0.0526. The lowest BCUT2D eigenvalue weighted by molar-refractivity contribution is 0.417. The van der Waals surface area contributed by atoms with Gasteiger partial charge in [-0.1, -0.05) is 42.5 Å². The first-order valence-corrected chi connectivity index (χ1v) is 7.18. The Morgan fingerprint density at radius 3 is 2.43 bits per heavy atom. The third-order valence-corrected chi connectivity index (χ3v) is 3.45. The zero-order chi connectivity index (χ0) is 16.1. The molecule has 1 aromatic heterocycles. The van der Waals surface area contributed by atoms with E-state index in [-0.39, 0.29) is 0 Å². The smallest absolute Gasteiger partial charge is 0.149 e. The quantitative estimate of drug-likeness (QED) is 0.777. The number of ether oxygens (including phenoxy) is 1. The van der Waals surface area contributed by atoms with Crippen molar-refractivity contribution < 1.29 is 4.74 Å². The lowest BCUT2D eigenvalue weighted by atomic mass is 10.1. The Kier molecular flexibility index (Phi) is 4.21. The summed E-state index contributed by atoms with van der Waals surface area (Å²) in [5, 5.41) is 12.5. The summed E-state index contributed by atoms with van der Waals surface area (Å²) in [6, 6.07) is 23.2. The van der Waals surface area contributed by atoms with Gasteiger partial charge in [-0.2, -0.15) is 5.26 Å². The molecule has 0 aliphatic heterocycles. The Morgan fingerprint density at radius 1 is 0.957 bits per heavy atom. The average Bonchev–Trinajstić information content (AvgIpc) is 2.63. The van der Waals surface area contributed by atoms with Gasteiger partial charge in [0.1, 0.15) is 17.6 Å². The third kappa shape index (κ3) is 3.14. The van der Waals surface area contributed by atoms with Gasteiger partial charge in [-0.15, -0.1) is 0 Å². The molecule has 4 heteroatoms. The summed E-state index contributed by atoms with van der Waals surface area (Å²) in [4.78, 5) is 4.60. The Balaban J connectivity index is 2.02. The van der Waals surface area contributed by atoms with Gasteiger partial charge in [0, 0.05) is 5.56 Å². The number of nitrogens with one attached hydrogen (secondary N) is 1. The third-order valence-electron chi connectivity index (χ3n) is 3.45. The molecule has 3 rings (SSSR count). The molecule has 0 aliphatic rings. The van der Waals surface area contributed by atoms with E-state index < -0.39 is 0 Å². The Hall–Kier alpha value is -3.32. The lowest BCUT2D eigenvalue weighted by Crippen LogP contribution is -2.00. The van der Waals surface area contributed by atoms with Crippen LogP contribution < -0.4 is 10.1 Å². The van der Waals surface area contributed by atoms with Crippen LogP contribution >= 0.6 is 0 Å². The van der Waals surface area contributed by atoms with Crippen LogP contribution in [0.4, 0.5) is 11.5 Å². The van der Waals surface area contributed by atoms with Crippen molar-refractivity contribution in [2.24, 2.45) is 0 Å². The van der Waals surface area contributed by atoms with E-state index in [1.54, 1.807) is 13.2 Å². The monoisotopic (exact) mass is 301 g/mol. The van der Waals surface area contributed by atoms with Crippen molar-refractivity contribution in [1.82, 2.24) is 4.98 Å². The van der Waals surface area contributed by atoms with E-state index in [9.17, 15) is 5.26 Å². The average molecular weight is 301 g/mol. The maximum Gasteiger partial charge on any atom is 0.149 e. The maximum atomic E-state index is 9.32. The van der Waals surface area contributed by atoms with Gasteiger partial charge in [0.05, 0.1) is 24.1 Å².